The Balaban J connectivity index is 0. The Labute approximate surface area is 191 Å². The van der Waals surface area contributed by atoms with E-state index in [1.165, 1.54) is 71.1 Å². The van der Waals surface area contributed by atoms with E-state index in [0.717, 1.165) is 19.3 Å². The number of hydrogen-bond acceptors (Lipinski definition) is 3. The van der Waals surface area contributed by atoms with E-state index < -0.39 is 11.9 Å². The van der Waals surface area contributed by atoms with Gasteiger partial charge in [-0.05, 0) is 32.1 Å². The van der Waals surface area contributed by atoms with Crippen LogP contribution < -0.4 is 0 Å². The minimum absolute atomic E-state index is 0. The van der Waals surface area contributed by atoms with Crippen molar-refractivity contribution in [3.05, 3.63) is 12.2 Å². The molecule has 0 N–H and O–H groups in total. The Morgan fingerprint density at radius 3 is 1.71 bits per heavy atom. The van der Waals surface area contributed by atoms with Gasteiger partial charge in [0.25, 0.3) is 0 Å². The van der Waals surface area contributed by atoms with E-state index in [1.807, 2.05) is 0 Å². The van der Waals surface area contributed by atoms with Crippen molar-refractivity contribution in [2.24, 2.45) is 0 Å². The summed E-state index contributed by atoms with van der Waals surface area (Å²) in [5.41, 5.74) is 0. The van der Waals surface area contributed by atoms with E-state index in [4.69, 9.17) is 0 Å². The third kappa shape index (κ3) is 22.5. The fourth-order valence-corrected chi connectivity index (χ4v) is 2.55. The fraction of sp³-hybridized carbons (Fsp3) is 0.800. The summed E-state index contributed by atoms with van der Waals surface area (Å²) < 4.78 is 4.48. The molecule has 0 aliphatic heterocycles. The minimum atomic E-state index is -0.511. The van der Waals surface area contributed by atoms with Gasteiger partial charge in [0.15, 0.2) is 0 Å². The molecule has 0 aromatic carbocycles. The van der Waals surface area contributed by atoms with Crippen LogP contribution in [-0.2, 0) is 14.3 Å². The first-order valence-corrected chi connectivity index (χ1v) is 9.53. The number of hydrogen-bond donors (Lipinski definition) is 0. The fourth-order valence-electron chi connectivity index (χ4n) is 2.55. The van der Waals surface area contributed by atoms with Crippen LogP contribution in [0.4, 0.5) is 0 Å². The molecule has 0 atom stereocenters. The third-order valence-electron chi connectivity index (χ3n) is 3.90. The molecule has 0 aliphatic carbocycles. The van der Waals surface area contributed by atoms with Crippen LogP contribution in [0, 0.1) is 0 Å². The summed E-state index contributed by atoms with van der Waals surface area (Å²) in [7, 11) is 0. The third-order valence-corrected chi connectivity index (χ3v) is 3.90. The Kier molecular flexibility index (Phi) is 24.0. The summed E-state index contributed by atoms with van der Waals surface area (Å²) >= 11 is 0. The Bertz CT molecular complexity index is 327. The van der Waals surface area contributed by atoms with Crippen molar-refractivity contribution in [3.63, 3.8) is 0 Å². The van der Waals surface area contributed by atoms with Crippen LogP contribution in [0.5, 0.6) is 0 Å². The van der Waals surface area contributed by atoms with Gasteiger partial charge in [-0.15, -0.1) is 0 Å². The molecule has 0 rings (SSSR count). The Morgan fingerprint density at radius 2 is 1.21 bits per heavy atom. The first-order chi connectivity index (χ1) is 11.2. The first kappa shape index (κ1) is 26.7. The summed E-state index contributed by atoms with van der Waals surface area (Å²) in [6.45, 7) is 3.52. The molecule has 0 aromatic heterocycles. The molecule has 0 bridgehead atoms. The van der Waals surface area contributed by atoms with Crippen LogP contribution in [0.15, 0.2) is 12.2 Å². The number of allylic oxidation sites excluding steroid dienone is 2. The molecule has 0 aromatic rings. The van der Waals surface area contributed by atoms with Gasteiger partial charge in [-0.2, -0.15) is 0 Å². The molecule has 0 heterocycles. The van der Waals surface area contributed by atoms with Gasteiger partial charge in [0.2, 0.25) is 0 Å². The predicted molar refractivity (Wildman–Crippen MR) is 103 cm³/mol. The molecular weight excluding hydrogens is 327 g/mol. The van der Waals surface area contributed by atoms with Gasteiger partial charge in [-0.3, -0.25) is 9.59 Å². The molecule has 24 heavy (non-hydrogen) atoms. The summed E-state index contributed by atoms with van der Waals surface area (Å²) in [5.74, 6) is -0.905. The van der Waals surface area contributed by atoms with Crippen molar-refractivity contribution in [1.29, 1.82) is 0 Å². The second-order valence-electron chi connectivity index (χ2n) is 6.30. The van der Waals surface area contributed by atoms with E-state index in [1.54, 1.807) is 0 Å². The second-order valence-corrected chi connectivity index (χ2v) is 6.30. The summed E-state index contributed by atoms with van der Waals surface area (Å²) in [6.07, 6.45) is 21.0. The van der Waals surface area contributed by atoms with Gasteiger partial charge in [0.05, 0.1) is 0 Å². The first-order valence-electron chi connectivity index (χ1n) is 9.53. The van der Waals surface area contributed by atoms with Crippen LogP contribution in [0.3, 0.4) is 0 Å². The van der Waals surface area contributed by atoms with E-state index in [2.05, 4.69) is 23.8 Å². The molecule has 0 spiro atoms. The zero-order valence-electron chi connectivity index (χ0n) is 15.3. The second kappa shape index (κ2) is 21.6. The van der Waals surface area contributed by atoms with Gasteiger partial charge >= 0.3 is 63.3 Å². The number of ether oxygens (including phenoxy) is 1. The van der Waals surface area contributed by atoms with Crippen LogP contribution in [0.25, 0.3) is 0 Å². The van der Waals surface area contributed by atoms with Gasteiger partial charge in [0, 0.05) is 13.3 Å². The molecule has 4 heteroatoms. The van der Waals surface area contributed by atoms with Gasteiger partial charge in [0.1, 0.15) is 0 Å². The Morgan fingerprint density at radius 1 is 0.750 bits per heavy atom. The van der Waals surface area contributed by atoms with Crippen molar-refractivity contribution in [3.8, 4) is 0 Å². The standard InChI is InChI=1S/C20H36O3.K.H/c1-3-4-5-6-7-8-9-10-11-12-13-14-15-16-17-18-20(22)23-19(2)21;;/h10-11H,3-9,12-18H2,1-2H3;;/b11-10-;;. The predicted octanol–water partition coefficient (Wildman–Crippen LogP) is 5.47. The quantitative estimate of drug-likeness (QED) is 0.127. The number of rotatable bonds is 15. The topological polar surface area (TPSA) is 43.4 Å². The maximum atomic E-state index is 11.1. The monoisotopic (exact) mass is 364 g/mol. The molecule has 136 valence electrons. The van der Waals surface area contributed by atoms with Gasteiger partial charge < -0.3 is 4.74 Å². The number of unbranched alkanes of at least 4 members (excludes halogenated alkanes) is 11. The number of carbonyl (C=O) groups excluding carboxylic acids is 2. The van der Waals surface area contributed by atoms with Crippen molar-refractivity contribution >= 4 is 63.3 Å². The van der Waals surface area contributed by atoms with Crippen LogP contribution in [0.2, 0.25) is 0 Å². The zero-order chi connectivity index (χ0) is 17.2. The van der Waals surface area contributed by atoms with Crippen LogP contribution in [-0.4, -0.2) is 63.3 Å². The average molecular weight is 365 g/mol. The molecule has 0 amide bonds. The van der Waals surface area contributed by atoms with Crippen LogP contribution >= 0.6 is 0 Å². The maximum absolute atomic E-state index is 11.1. The van der Waals surface area contributed by atoms with Crippen molar-refractivity contribution < 1.29 is 14.3 Å². The molecule has 0 saturated carbocycles. The molecule has 0 radical (unpaired) electrons. The normalized spacial score (nSPS) is 10.6. The number of carbonyl (C=O) groups is 2. The van der Waals surface area contributed by atoms with Crippen molar-refractivity contribution in [2.45, 2.75) is 104 Å². The van der Waals surface area contributed by atoms with E-state index in [-0.39, 0.29) is 51.4 Å². The molecule has 0 fully saturated rings. The number of esters is 2. The van der Waals surface area contributed by atoms with E-state index in [9.17, 15) is 9.59 Å². The van der Waals surface area contributed by atoms with E-state index >= 15 is 0 Å². The van der Waals surface area contributed by atoms with E-state index in [0.29, 0.717) is 6.42 Å². The van der Waals surface area contributed by atoms with Crippen molar-refractivity contribution in [2.75, 3.05) is 0 Å². The summed E-state index contributed by atoms with van der Waals surface area (Å²) in [6, 6.07) is 0. The molecule has 3 nitrogen and oxygen atoms in total. The molecule has 0 saturated heterocycles. The van der Waals surface area contributed by atoms with Crippen molar-refractivity contribution in [1.82, 2.24) is 0 Å². The summed E-state index contributed by atoms with van der Waals surface area (Å²) in [4.78, 5) is 21.7. The zero-order valence-corrected chi connectivity index (χ0v) is 15.3. The van der Waals surface area contributed by atoms with Gasteiger partial charge in [-0.1, -0.05) is 70.4 Å². The SMILES string of the molecule is CCCCCCCC/C=C\CCCCCCCC(=O)OC(C)=O.[KH]. The van der Waals surface area contributed by atoms with Gasteiger partial charge in [-0.25, -0.2) is 0 Å². The van der Waals surface area contributed by atoms with Crippen LogP contribution in [0.1, 0.15) is 104 Å². The molecule has 0 unspecified atom stereocenters. The Hall–Kier alpha value is 0.516. The molecular formula is C20H37KO3. The summed E-state index contributed by atoms with van der Waals surface area (Å²) in [5, 5.41) is 0. The average Bonchev–Trinajstić information content (AvgIpc) is 2.50. The molecule has 0 aliphatic rings.